The molecule has 0 saturated heterocycles. The third-order valence-corrected chi connectivity index (χ3v) is 3.19. The second kappa shape index (κ2) is 4.63. The van der Waals surface area contributed by atoms with Crippen LogP contribution in [-0.4, -0.2) is 25.2 Å². The first-order valence-corrected chi connectivity index (χ1v) is 6.37. The Hall–Kier alpha value is -1.51. The summed E-state index contributed by atoms with van der Waals surface area (Å²) in [5, 5.41) is 0. The Morgan fingerprint density at radius 3 is 2.61 bits per heavy atom. The highest BCUT2D eigenvalue weighted by Crippen LogP contribution is 2.28. The van der Waals surface area contributed by atoms with Gasteiger partial charge in [-0.15, -0.1) is 0 Å². The Morgan fingerprint density at radius 1 is 1.39 bits per heavy atom. The van der Waals surface area contributed by atoms with Crippen molar-refractivity contribution in [1.82, 2.24) is 0 Å². The minimum Gasteiger partial charge on any atom is -0.497 e. The largest absolute Gasteiger partial charge is 0.497 e. The van der Waals surface area contributed by atoms with E-state index in [1.165, 1.54) is 5.56 Å². The summed E-state index contributed by atoms with van der Waals surface area (Å²) in [5.74, 6) is 1.67. The van der Waals surface area contributed by atoms with E-state index in [4.69, 9.17) is 9.47 Å². The van der Waals surface area contributed by atoms with Gasteiger partial charge >= 0.3 is 0 Å². The van der Waals surface area contributed by atoms with Crippen LogP contribution in [0.4, 0.5) is 0 Å². The normalized spacial score (nSPS) is 17.3. The number of aliphatic imine (C=N–C) groups is 1. The molecule has 0 spiro atoms. The maximum atomic E-state index is 5.76. The zero-order valence-corrected chi connectivity index (χ0v) is 11.8. The van der Waals surface area contributed by atoms with Gasteiger partial charge in [-0.05, 0) is 50.5 Å². The van der Waals surface area contributed by atoms with Gasteiger partial charge in [-0.3, -0.25) is 0 Å². The van der Waals surface area contributed by atoms with Crippen LogP contribution in [-0.2, 0) is 11.2 Å². The Kier molecular flexibility index (Phi) is 3.33. The first kappa shape index (κ1) is 12.9. The van der Waals surface area contributed by atoms with Gasteiger partial charge in [-0.1, -0.05) is 6.92 Å². The van der Waals surface area contributed by atoms with E-state index in [-0.39, 0.29) is 5.54 Å². The molecule has 0 amide bonds. The summed E-state index contributed by atoms with van der Waals surface area (Å²) in [6, 6.07) is 4.10. The summed E-state index contributed by atoms with van der Waals surface area (Å²) >= 11 is 0. The molecule has 0 aliphatic carbocycles. The molecule has 0 atom stereocenters. The summed E-state index contributed by atoms with van der Waals surface area (Å²) in [4.78, 5) is 4.67. The number of rotatable bonds is 3. The quantitative estimate of drug-likeness (QED) is 0.821. The van der Waals surface area contributed by atoms with Gasteiger partial charge in [0.25, 0.3) is 0 Å². The van der Waals surface area contributed by atoms with Crippen LogP contribution in [0, 0.1) is 6.92 Å². The molecule has 18 heavy (non-hydrogen) atoms. The lowest BCUT2D eigenvalue weighted by Gasteiger charge is -2.13. The summed E-state index contributed by atoms with van der Waals surface area (Å²) in [5.41, 5.74) is 3.39. The smallest absolute Gasteiger partial charge is 0.217 e. The molecule has 1 aliphatic heterocycles. The van der Waals surface area contributed by atoms with E-state index in [0.717, 1.165) is 29.2 Å². The van der Waals surface area contributed by atoms with Crippen molar-refractivity contribution in [3.8, 4) is 5.75 Å². The Bertz CT molecular complexity index is 490. The first-order valence-electron chi connectivity index (χ1n) is 6.37. The van der Waals surface area contributed by atoms with Crippen LogP contribution in [0.15, 0.2) is 17.1 Å². The maximum absolute atomic E-state index is 5.76. The third kappa shape index (κ3) is 2.35. The van der Waals surface area contributed by atoms with Gasteiger partial charge in [0.1, 0.15) is 12.4 Å². The van der Waals surface area contributed by atoms with Crippen molar-refractivity contribution in [2.45, 2.75) is 39.7 Å². The summed E-state index contributed by atoms with van der Waals surface area (Å²) < 4.78 is 11.1. The van der Waals surface area contributed by atoms with Crippen LogP contribution in [0.3, 0.4) is 0 Å². The summed E-state index contributed by atoms with van der Waals surface area (Å²) in [7, 11) is 1.70. The molecular weight excluding hydrogens is 226 g/mol. The van der Waals surface area contributed by atoms with Crippen LogP contribution in [0.2, 0.25) is 0 Å². The topological polar surface area (TPSA) is 30.8 Å². The van der Waals surface area contributed by atoms with Crippen molar-refractivity contribution in [2.24, 2.45) is 4.99 Å². The maximum Gasteiger partial charge on any atom is 0.217 e. The fourth-order valence-electron chi connectivity index (χ4n) is 2.24. The SMILES string of the molecule is CCc1cc(OC)cc(C)c1C1=NC(C)(C)CO1. The number of hydrogen-bond donors (Lipinski definition) is 0. The molecule has 1 heterocycles. The number of methoxy groups -OCH3 is 1. The van der Waals surface area contributed by atoms with E-state index < -0.39 is 0 Å². The molecule has 0 fully saturated rings. The number of ether oxygens (including phenoxy) is 2. The van der Waals surface area contributed by atoms with E-state index >= 15 is 0 Å². The number of benzene rings is 1. The van der Waals surface area contributed by atoms with Gasteiger partial charge < -0.3 is 9.47 Å². The molecule has 0 radical (unpaired) electrons. The number of hydrogen-bond acceptors (Lipinski definition) is 3. The highest BCUT2D eigenvalue weighted by molar-refractivity contribution is 5.98. The monoisotopic (exact) mass is 247 g/mol. The van der Waals surface area contributed by atoms with Crippen molar-refractivity contribution in [3.63, 3.8) is 0 Å². The molecule has 3 heteroatoms. The van der Waals surface area contributed by atoms with E-state index in [1.54, 1.807) is 7.11 Å². The molecule has 3 nitrogen and oxygen atoms in total. The molecule has 1 aliphatic rings. The van der Waals surface area contributed by atoms with Crippen molar-refractivity contribution in [3.05, 3.63) is 28.8 Å². The molecule has 0 bridgehead atoms. The molecular formula is C15H21NO2. The van der Waals surface area contributed by atoms with Crippen LogP contribution >= 0.6 is 0 Å². The molecule has 1 aromatic carbocycles. The van der Waals surface area contributed by atoms with E-state index in [1.807, 2.05) is 6.07 Å². The minimum absolute atomic E-state index is 0.118. The van der Waals surface area contributed by atoms with Gasteiger partial charge in [0.05, 0.1) is 12.6 Å². The lowest BCUT2D eigenvalue weighted by atomic mass is 9.99. The van der Waals surface area contributed by atoms with Crippen molar-refractivity contribution in [1.29, 1.82) is 0 Å². The number of aryl methyl sites for hydroxylation is 2. The van der Waals surface area contributed by atoms with Crippen molar-refractivity contribution < 1.29 is 9.47 Å². The molecule has 0 aromatic heterocycles. The van der Waals surface area contributed by atoms with Crippen LogP contribution in [0.25, 0.3) is 0 Å². The summed E-state index contributed by atoms with van der Waals surface area (Å²) in [6.45, 7) is 9.04. The second-order valence-corrected chi connectivity index (χ2v) is 5.35. The molecule has 0 unspecified atom stereocenters. The van der Waals surface area contributed by atoms with E-state index in [9.17, 15) is 0 Å². The van der Waals surface area contributed by atoms with Crippen molar-refractivity contribution in [2.75, 3.05) is 13.7 Å². The Morgan fingerprint density at radius 2 is 2.11 bits per heavy atom. The predicted molar refractivity (Wildman–Crippen MR) is 73.7 cm³/mol. The van der Waals surface area contributed by atoms with E-state index in [2.05, 4.69) is 38.8 Å². The van der Waals surface area contributed by atoms with E-state index in [0.29, 0.717) is 6.61 Å². The van der Waals surface area contributed by atoms with Gasteiger partial charge in [-0.2, -0.15) is 0 Å². The lowest BCUT2D eigenvalue weighted by molar-refractivity contribution is 0.279. The Labute approximate surface area is 109 Å². The molecule has 98 valence electrons. The minimum atomic E-state index is -0.118. The fraction of sp³-hybridized carbons (Fsp3) is 0.533. The standard InChI is InChI=1S/C15H21NO2/c1-6-11-8-12(17-5)7-10(2)13(11)14-16-15(3,4)9-18-14/h7-8H,6,9H2,1-5H3. The van der Waals surface area contributed by atoms with Gasteiger partial charge in [-0.25, -0.2) is 4.99 Å². The molecule has 1 aromatic rings. The fourth-order valence-corrected chi connectivity index (χ4v) is 2.24. The zero-order chi connectivity index (χ0) is 13.3. The van der Waals surface area contributed by atoms with Crippen LogP contribution in [0.5, 0.6) is 5.75 Å². The van der Waals surface area contributed by atoms with Gasteiger partial charge in [0.2, 0.25) is 5.90 Å². The highest BCUT2D eigenvalue weighted by atomic mass is 16.5. The summed E-state index contributed by atoms with van der Waals surface area (Å²) in [6.07, 6.45) is 0.941. The van der Waals surface area contributed by atoms with Crippen LogP contribution < -0.4 is 4.74 Å². The Balaban J connectivity index is 2.51. The van der Waals surface area contributed by atoms with Gasteiger partial charge in [0, 0.05) is 5.56 Å². The first-order chi connectivity index (χ1) is 8.46. The van der Waals surface area contributed by atoms with Crippen molar-refractivity contribution >= 4 is 5.90 Å². The molecule has 2 rings (SSSR count). The zero-order valence-electron chi connectivity index (χ0n) is 11.8. The average Bonchev–Trinajstić information content (AvgIpc) is 2.68. The van der Waals surface area contributed by atoms with Gasteiger partial charge in [0.15, 0.2) is 0 Å². The lowest BCUT2D eigenvalue weighted by Crippen LogP contribution is -2.17. The molecule has 0 N–H and O–H groups in total. The molecule has 0 saturated carbocycles. The van der Waals surface area contributed by atoms with Crippen LogP contribution in [0.1, 0.15) is 37.5 Å². The second-order valence-electron chi connectivity index (χ2n) is 5.35. The highest BCUT2D eigenvalue weighted by Gasteiger charge is 2.29. The number of nitrogens with zero attached hydrogens (tertiary/aromatic N) is 1. The third-order valence-electron chi connectivity index (χ3n) is 3.19. The average molecular weight is 247 g/mol. The predicted octanol–water partition coefficient (Wildman–Crippen LogP) is 3.12.